The standard InChI is InChI=1S/C12H8BrN3S/c13-8-3-1-2-7(4-8)9-5-17-12-10(9)11(14)15-6-16-12/h1-6H,(H2,14,15,16). The number of nitrogen functional groups attached to an aromatic ring is 1. The number of nitrogens with two attached hydrogens (primary N) is 1. The highest BCUT2D eigenvalue weighted by Crippen LogP contribution is 2.35. The van der Waals surface area contributed by atoms with Gasteiger partial charge in [-0.25, -0.2) is 9.97 Å². The fourth-order valence-corrected chi connectivity index (χ4v) is 3.09. The molecule has 0 aliphatic rings. The van der Waals surface area contributed by atoms with Crippen LogP contribution in [-0.4, -0.2) is 9.97 Å². The second kappa shape index (κ2) is 4.09. The Morgan fingerprint density at radius 2 is 2.12 bits per heavy atom. The molecule has 3 aromatic rings. The van der Waals surface area contributed by atoms with E-state index in [0.29, 0.717) is 5.82 Å². The maximum atomic E-state index is 5.92. The molecule has 2 aromatic heterocycles. The third-order valence-electron chi connectivity index (χ3n) is 2.54. The van der Waals surface area contributed by atoms with E-state index in [2.05, 4.69) is 43.4 Å². The summed E-state index contributed by atoms with van der Waals surface area (Å²) in [6.07, 6.45) is 1.50. The Labute approximate surface area is 110 Å². The smallest absolute Gasteiger partial charge is 0.136 e. The molecule has 3 nitrogen and oxygen atoms in total. The van der Waals surface area contributed by atoms with Crippen LogP contribution >= 0.6 is 27.3 Å². The van der Waals surface area contributed by atoms with Crippen LogP contribution in [-0.2, 0) is 0 Å². The molecule has 0 spiro atoms. The van der Waals surface area contributed by atoms with Crippen LogP contribution in [0.4, 0.5) is 5.82 Å². The lowest BCUT2D eigenvalue weighted by atomic mass is 10.1. The lowest BCUT2D eigenvalue weighted by Gasteiger charge is -2.01. The molecule has 17 heavy (non-hydrogen) atoms. The summed E-state index contributed by atoms with van der Waals surface area (Å²) in [5, 5.41) is 3.01. The summed E-state index contributed by atoms with van der Waals surface area (Å²) < 4.78 is 1.05. The number of halogens is 1. The predicted molar refractivity (Wildman–Crippen MR) is 75.0 cm³/mol. The molecule has 2 heterocycles. The molecule has 84 valence electrons. The van der Waals surface area contributed by atoms with Crippen molar-refractivity contribution >= 4 is 43.3 Å². The van der Waals surface area contributed by atoms with Gasteiger partial charge in [-0.3, -0.25) is 0 Å². The van der Waals surface area contributed by atoms with Crippen LogP contribution in [0, 0.1) is 0 Å². The van der Waals surface area contributed by atoms with E-state index in [0.717, 1.165) is 25.8 Å². The third-order valence-corrected chi connectivity index (χ3v) is 3.91. The Morgan fingerprint density at radius 1 is 1.24 bits per heavy atom. The first-order chi connectivity index (χ1) is 8.25. The fourth-order valence-electron chi connectivity index (χ4n) is 1.77. The van der Waals surface area contributed by atoms with Gasteiger partial charge >= 0.3 is 0 Å². The zero-order chi connectivity index (χ0) is 11.8. The van der Waals surface area contributed by atoms with Crippen LogP contribution in [0.3, 0.4) is 0 Å². The van der Waals surface area contributed by atoms with E-state index >= 15 is 0 Å². The number of hydrogen-bond donors (Lipinski definition) is 1. The number of benzene rings is 1. The van der Waals surface area contributed by atoms with Gasteiger partial charge in [0.05, 0.1) is 5.39 Å². The first-order valence-corrected chi connectivity index (χ1v) is 6.66. The number of nitrogens with zero attached hydrogens (tertiary/aromatic N) is 2. The summed E-state index contributed by atoms with van der Waals surface area (Å²) in [6.45, 7) is 0. The molecule has 0 unspecified atom stereocenters. The number of hydrogen-bond acceptors (Lipinski definition) is 4. The van der Waals surface area contributed by atoms with Crippen molar-refractivity contribution in [3.63, 3.8) is 0 Å². The Bertz CT molecular complexity index is 693. The zero-order valence-electron chi connectivity index (χ0n) is 8.72. The molecule has 0 radical (unpaired) electrons. The summed E-state index contributed by atoms with van der Waals surface area (Å²) in [5.74, 6) is 0.534. The summed E-state index contributed by atoms with van der Waals surface area (Å²) in [6, 6.07) is 8.12. The summed E-state index contributed by atoms with van der Waals surface area (Å²) in [4.78, 5) is 9.20. The van der Waals surface area contributed by atoms with Gasteiger partial charge < -0.3 is 5.73 Å². The quantitative estimate of drug-likeness (QED) is 0.746. The van der Waals surface area contributed by atoms with Crippen LogP contribution in [0.1, 0.15) is 0 Å². The van der Waals surface area contributed by atoms with Crippen LogP contribution in [0.5, 0.6) is 0 Å². The SMILES string of the molecule is Nc1ncnc2scc(-c3cccc(Br)c3)c12. The molecule has 3 rings (SSSR count). The predicted octanol–water partition coefficient (Wildman–Crippen LogP) is 3.70. The molecule has 1 aromatic carbocycles. The van der Waals surface area contributed by atoms with Crippen LogP contribution in [0.15, 0.2) is 40.4 Å². The maximum Gasteiger partial charge on any atom is 0.136 e. The van der Waals surface area contributed by atoms with Crippen molar-refractivity contribution in [3.8, 4) is 11.1 Å². The zero-order valence-corrected chi connectivity index (χ0v) is 11.1. The van der Waals surface area contributed by atoms with Gasteiger partial charge in [0.15, 0.2) is 0 Å². The summed E-state index contributed by atoms with van der Waals surface area (Å²) >= 11 is 5.05. The second-order valence-corrected chi connectivity index (χ2v) is 5.37. The summed E-state index contributed by atoms with van der Waals surface area (Å²) in [7, 11) is 0. The highest BCUT2D eigenvalue weighted by atomic mass is 79.9. The van der Waals surface area contributed by atoms with E-state index in [-0.39, 0.29) is 0 Å². The molecule has 5 heteroatoms. The molecule has 0 atom stereocenters. The highest BCUT2D eigenvalue weighted by Gasteiger charge is 2.10. The molecular weight excluding hydrogens is 298 g/mol. The third kappa shape index (κ3) is 1.81. The Kier molecular flexibility index (Phi) is 2.57. The number of anilines is 1. The second-order valence-electron chi connectivity index (χ2n) is 3.60. The lowest BCUT2D eigenvalue weighted by Crippen LogP contribution is -1.91. The largest absolute Gasteiger partial charge is 0.383 e. The van der Waals surface area contributed by atoms with Crippen molar-refractivity contribution in [2.45, 2.75) is 0 Å². The topological polar surface area (TPSA) is 51.8 Å². The number of rotatable bonds is 1. The van der Waals surface area contributed by atoms with Crippen molar-refractivity contribution in [1.29, 1.82) is 0 Å². The normalized spacial score (nSPS) is 10.9. The van der Waals surface area contributed by atoms with Gasteiger partial charge in [0.1, 0.15) is 17.0 Å². The highest BCUT2D eigenvalue weighted by molar-refractivity contribution is 9.10. The van der Waals surface area contributed by atoms with Crippen LogP contribution in [0.2, 0.25) is 0 Å². The van der Waals surface area contributed by atoms with Crippen molar-refractivity contribution in [2.75, 3.05) is 5.73 Å². The minimum Gasteiger partial charge on any atom is -0.383 e. The molecule has 0 aliphatic heterocycles. The fraction of sp³-hybridized carbons (Fsp3) is 0. The molecule has 2 N–H and O–H groups in total. The van der Waals surface area contributed by atoms with Gasteiger partial charge in [-0.05, 0) is 17.7 Å². The molecule has 0 saturated heterocycles. The molecule has 0 bridgehead atoms. The Hall–Kier alpha value is -1.46. The number of thiophene rings is 1. The molecule has 0 saturated carbocycles. The van der Waals surface area contributed by atoms with Crippen molar-refractivity contribution in [3.05, 3.63) is 40.4 Å². The van der Waals surface area contributed by atoms with Gasteiger partial charge in [0.25, 0.3) is 0 Å². The van der Waals surface area contributed by atoms with Crippen molar-refractivity contribution < 1.29 is 0 Å². The monoisotopic (exact) mass is 305 g/mol. The molecular formula is C12H8BrN3S. The minimum atomic E-state index is 0.534. The van der Waals surface area contributed by atoms with E-state index in [1.165, 1.54) is 6.33 Å². The maximum absolute atomic E-state index is 5.92. The van der Waals surface area contributed by atoms with Gasteiger partial charge in [-0.15, -0.1) is 11.3 Å². The van der Waals surface area contributed by atoms with Gasteiger partial charge in [0, 0.05) is 15.4 Å². The van der Waals surface area contributed by atoms with Gasteiger partial charge in [0.2, 0.25) is 0 Å². The number of aromatic nitrogens is 2. The van der Waals surface area contributed by atoms with Crippen LogP contribution in [0.25, 0.3) is 21.3 Å². The first kappa shape index (κ1) is 10.7. The Balaban J connectivity index is 2.31. The summed E-state index contributed by atoms with van der Waals surface area (Å²) in [5.41, 5.74) is 8.13. The minimum absolute atomic E-state index is 0.534. The van der Waals surface area contributed by atoms with Crippen molar-refractivity contribution in [1.82, 2.24) is 9.97 Å². The van der Waals surface area contributed by atoms with Gasteiger partial charge in [-0.2, -0.15) is 0 Å². The van der Waals surface area contributed by atoms with E-state index in [4.69, 9.17) is 5.73 Å². The Morgan fingerprint density at radius 3 is 2.94 bits per heavy atom. The average molecular weight is 306 g/mol. The number of fused-ring (bicyclic) bond motifs is 1. The van der Waals surface area contributed by atoms with E-state index < -0.39 is 0 Å². The van der Waals surface area contributed by atoms with Crippen molar-refractivity contribution in [2.24, 2.45) is 0 Å². The van der Waals surface area contributed by atoms with Crippen LogP contribution < -0.4 is 5.73 Å². The molecule has 0 aliphatic carbocycles. The van der Waals surface area contributed by atoms with E-state index in [9.17, 15) is 0 Å². The van der Waals surface area contributed by atoms with E-state index in [1.54, 1.807) is 11.3 Å². The molecule has 0 amide bonds. The lowest BCUT2D eigenvalue weighted by molar-refractivity contribution is 1.24. The molecule has 0 fully saturated rings. The van der Waals surface area contributed by atoms with Gasteiger partial charge in [-0.1, -0.05) is 28.1 Å². The average Bonchev–Trinajstić information content (AvgIpc) is 2.74. The van der Waals surface area contributed by atoms with E-state index in [1.807, 2.05) is 12.1 Å². The first-order valence-electron chi connectivity index (χ1n) is 4.99.